The number of hydrogen-bond donors (Lipinski definition) is 2. The average molecular weight is 283 g/mol. The molecule has 1 amide bonds. The lowest BCUT2D eigenvalue weighted by molar-refractivity contribution is 0.0251. The van der Waals surface area contributed by atoms with E-state index < -0.39 is 5.91 Å². The molecule has 3 rings (SSSR count). The molecule has 1 aromatic heterocycles. The van der Waals surface area contributed by atoms with E-state index >= 15 is 0 Å². The van der Waals surface area contributed by atoms with Crippen LogP contribution in [0.15, 0.2) is 42.5 Å². The van der Waals surface area contributed by atoms with Gasteiger partial charge in [-0.2, -0.15) is 0 Å². The first-order valence-electron chi connectivity index (χ1n) is 6.93. The second kappa shape index (κ2) is 6.03. The molecule has 0 radical (unpaired) electrons. The quantitative estimate of drug-likeness (QED) is 0.895. The minimum absolute atomic E-state index is 0.0106. The van der Waals surface area contributed by atoms with Crippen LogP contribution in [0.4, 0.5) is 0 Å². The van der Waals surface area contributed by atoms with E-state index in [9.17, 15) is 4.79 Å². The number of aromatic nitrogens is 1. The van der Waals surface area contributed by atoms with Gasteiger partial charge >= 0.3 is 0 Å². The average Bonchev–Trinajstić information content (AvgIpc) is 2.56. The number of pyridine rings is 1. The second-order valence-electron chi connectivity index (χ2n) is 4.95. The SMILES string of the molecule is NC(=O)c1ccc(-c2cccc([C@@H]3CNCCO3)n2)cc1. The van der Waals surface area contributed by atoms with Crippen molar-refractivity contribution in [3.05, 3.63) is 53.7 Å². The summed E-state index contributed by atoms with van der Waals surface area (Å²) in [5.41, 5.74) is 8.47. The summed E-state index contributed by atoms with van der Waals surface area (Å²) >= 11 is 0. The zero-order valence-corrected chi connectivity index (χ0v) is 11.6. The van der Waals surface area contributed by atoms with Crippen molar-refractivity contribution in [2.24, 2.45) is 5.73 Å². The largest absolute Gasteiger partial charge is 0.369 e. The van der Waals surface area contributed by atoms with Gasteiger partial charge in [-0.15, -0.1) is 0 Å². The third-order valence-electron chi connectivity index (χ3n) is 3.49. The fraction of sp³-hybridized carbons (Fsp3) is 0.250. The Bertz CT molecular complexity index is 634. The Morgan fingerprint density at radius 3 is 2.71 bits per heavy atom. The highest BCUT2D eigenvalue weighted by molar-refractivity contribution is 5.93. The maximum absolute atomic E-state index is 11.1. The Hall–Kier alpha value is -2.24. The summed E-state index contributed by atoms with van der Waals surface area (Å²) in [5.74, 6) is -0.426. The zero-order valence-electron chi connectivity index (χ0n) is 11.6. The Kier molecular flexibility index (Phi) is 3.94. The van der Waals surface area contributed by atoms with E-state index in [1.807, 2.05) is 30.3 Å². The van der Waals surface area contributed by atoms with Crippen molar-refractivity contribution >= 4 is 5.91 Å². The lowest BCUT2D eigenvalue weighted by Gasteiger charge is -2.23. The topological polar surface area (TPSA) is 77.2 Å². The van der Waals surface area contributed by atoms with Crippen LogP contribution in [0.3, 0.4) is 0 Å². The fourth-order valence-corrected chi connectivity index (χ4v) is 2.35. The molecule has 0 aliphatic carbocycles. The second-order valence-corrected chi connectivity index (χ2v) is 4.95. The van der Waals surface area contributed by atoms with Crippen molar-refractivity contribution in [3.63, 3.8) is 0 Å². The van der Waals surface area contributed by atoms with Gasteiger partial charge in [-0.1, -0.05) is 18.2 Å². The highest BCUT2D eigenvalue weighted by Crippen LogP contribution is 2.22. The molecule has 0 unspecified atom stereocenters. The summed E-state index contributed by atoms with van der Waals surface area (Å²) in [6.07, 6.45) is -0.0106. The number of nitrogens with one attached hydrogen (secondary N) is 1. The first-order chi connectivity index (χ1) is 10.2. The predicted octanol–water partition coefficient (Wildman–Crippen LogP) is 1.51. The molecule has 2 heterocycles. The Morgan fingerprint density at radius 2 is 2.05 bits per heavy atom. The molecule has 2 aromatic rings. The van der Waals surface area contributed by atoms with Crippen molar-refractivity contribution in [1.82, 2.24) is 10.3 Å². The lowest BCUT2D eigenvalue weighted by Crippen LogP contribution is -2.33. The number of carbonyl (C=O) groups excluding carboxylic acids is 1. The number of benzene rings is 1. The number of morpholine rings is 1. The molecule has 5 heteroatoms. The number of carbonyl (C=O) groups is 1. The molecular formula is C16H17N3O2. The molecule has 0 saturated carbocycles. The molecule has 0 bridgehead atoms. The number of hydrogen-bond acceptors (Lipinski definition) is 4. The molecule has 1 fully saturated rings. The predicted molar refractivity (Wildman–Crippen MR) is 79.8 cm³/mol. The standard InChI is InChI=1S/C16H17N3O2/c17-16(20)12-6-4-11(5-7-12)13-2-1-3-14(19-13)15-10-18-8-9-21-15/h1-7,15,18H,8-10H2,(H2,17,20)/t15-/m0/s1. The van der Waals surface area contributed by atoms with Crippen LogP contribution in [-0.4, -0.2) is 30.6 Å². The Morgan fingerprint density at radius 1 is 1.24 bits per heavy atom. The first-order valence-corrected chi connectivity index (χ1v) is 6.93. The number of rotatable bonds is 3. The van der Waals surface area contributed by atoms with Crippen LogP contribution in [0.2, 0.25) is 0 Å². The summed E-state index contributed by atoms with van der Waals surface area (Å²) in [6.45, 7) is 2.35. The lowest BCUT2D eigenvalue weighted by atomic mass is 10.1. The van der Waals surface area contributed by atoms with Gasteiger partial charge in [0.15, 0.2) is 0 Å². The third kappa shape index (κ3) is 3.09. The van der Waals surface area contributed by atoms with Gasteiger partial charge in [0.25, 0.3) is 0 Å². The first kappa shape index (κ1) is 13.7. The Labute approximate surface area is 123 Å². The summed E-state index contributed by atoms with van der Waals surface area (Å²) in [5, 5.41) is 3.30. The fourth-order valence-electron chi connectivity index (χ4n) is 2.35. The molecular weight excluding hydrogens is 266 g/mol. The van der Waals surface area contributed by atoms with E-state index in [-0.39, 0.29) is 6.10 Å². The normalized spacial score (nSPS) is 18.4. The van der Waals surface area contributed by atoms with Crippen LogP contribution >= 0.6 is 0 Å². The molecule has 1 aliphatic heterocycles. The van der Waals surface area contributed by atoms with E-state index in [1.54, 1.807) is 12.1 Å². The monoisotopic (exact) mass is 283 g/mol. The summed E-state index contributed by atoms with van der Waals surface area (Å²) in [6, 6.07) is 13.0. The maximum atomic E-state index is 11.1. The van der Waals surface area contributed by atoms with Crippen molar-refractivity contribution in [2.75, 3.05) is 19.7 Å². The summed E-state index contributed by atoms with van der Waals surface area (Å²) < 4.78 is 5.72. The van der Waals surface area contributed by atoms with Crippen LogP contribution in [0.25, 0.3) is 11.3 Å². The highest BCUT2D eigenvalue weighted by atomic mass is 16.5. The smallest absolute Gasteiger partial charge is 0.248 e. The summed E-state index contributed by atoms with van der Waals surface area (Å²) in [7, 11) is 0. The molecule has 108 valence electrons. The van der Waals surface area contributed by atoms with E-state index in [2.05, 4.69) is 10.3 Å². The van der Waals surface area contributed by atoms with E-state index in [4.69, 9.17) is 10.5 Å². The van der Waals surface area contributed by atoms with Crippen LogP contribution in [0.5, 0.6) is 0 Å². The molecule has 1 atom stereocenters. The number of nitrogens with two attached hydrogens (primary N) is 1. The third-order valence-corrected chi connectivity index (χ3v) is 3.49. The molecule has 1 aromatic carbocycles. The van der Waals surface area contributed by atoms with Gasteiger partial charge in [-0.3, -0.25) is 9.78 Å². The van der Waals surface area contributed by atoms with Crippen LogP contribution in [0.1, 0.15) is 22.2 Å². The molecule has 3 N–H and O–H groups in total. The van der Waals surface area contributed by atoms with Crippen LogP contribution < -0.4 is 11.1 Å². The van der Waals surface area contributed by atoms with Gasteiger partial charge in [0.2, 0.25) is 5.91 Å². The van der Waals surface area contributed by atoms with E-state index in [0.29, 0.717) is 12.2 Å². The van der Waals surface area contributed by atoms with Crippen LogP contribution in [0, 0.1) is 0 Å². The molecule has 1 aliphatic rings. The number of ether oxygens (including phenoxy) is 1. The van der Waals surface area contributed by atoms with Gasteiger partial charge in [-0.05, 0) is 24.3 Å². The van der Waals surface area contributed by atoms with E-state index in [0.717, 1.165) is 30.0 Å². The molecule has 0 spiro atoms. The molecule has 5 nitrogen and oxygen atoms in total. The van der Waals surface area contributed by atoms with Crippen LogP contribution in [-0.2, 0) is 4.74 Å². The number of primary amides is 1. The van der Waals surface area contributed by atoms with Gasteiger partial charge in [0.1, 0.15) is 6.10 Å². The van der Waals surface area contributed by atoms with Crippen molar-refractivity contribution in [3.8, 4) is 11.3 Å². The van der Waals surface area contributed by atoms with Gasteiger partial charge in [0, 0.05) is 24.2 Å². The van der Waals surface area contributed by atoms with Crippen molar-refractivity contribution in [1.29, 1.82) is 0 Å². The Balaban J connectivity index is 1.86. The van der Waals surface area contributed by atoms with Gasteiger partial charge in [0.05, 0.1) is 18.0 Å². The zero-order chi connectivity index (χ0) is 14.7. The minimum Gasteiger partial charge on any atom is -0.369 e. The minimum atomic E-state index is -0.426. The summed E-state index contributed by atoms with van der Waals surface area (Å²) in [4.78, 5) is 15.8. The van der Waals surface area contributed by atoms with Gasteiger partial charge < -0.3 is 15.8 Å². The van der Waals surface area contributed by atoms with E-state index in [1.165, 1.54) is 0 Å². The molecule has 21 heavy (non-hydrogen) atoms. The highest BCUT2D eigenvalue weighted by Gasteiger charge is 2.17. The van der Waals surface area contributed by atoms with Crippen molar-refractivity contribution in [2.45, 2.75) is 6.10 Å². The number of amides is 1. The maximum Gasteiger partial charge on any atom is 0.248 e. The number of nitrogens with zero attached hydrogens (tertiary/aromatic N) is 1. The van der Waals surface area contributed by atoms with Crippen molar-refractivity contribution < 1.29 is 9.53 Å². The van der Waals surface area contributed by atoms with Gasteiger partial charge in [-0.25, -0.2) is 0 Å². The molecule has 1 saturated heterocycles.